The Morgan fingerprint density at radius 3 is 2.34 bits per heavy atom. The second kappa shape index (κ2) is 7.78. The second-order valence-corrected chi connectivity index (χ2v) is 10.0. The summed E-state index contributed by atoms with van der Waals surface area (Å²) in [5.41, 5.74) is 1.39. The SMILES string of the molecule is Cc1ccc(N(CC(=O)N[C@@H]2C[C@H]3CC[C@H]2C3)S(=O)(=O)c2ccc(F)cc2)cc1. The van der Waals surface area contributed by atoms with Gasteiger partial charge in [-0.05, 0) is 74.4 Å². The van der Waals surface area contributed by atoms with Crippen LogP contribution in [0.3, 0.4) is 0 Å². The van der Waals surface area contributed by atoms with Crippen LogP contribution in [0.25, 0.3) is 0 Å². The van der Waals surface area contributed by atoms with Crippen LogP contribution in [-0.4, -0.2) is 26.9 Å². The number of aryl methyl sites for hydroxylation is 1. The smallest absolute Gasteiger partial charge is 0.264 e. The molecule has 29 heavy (non-hydrogen) atoms. The van der Waals surface area contributed by atoms with Gasteiger partial charge in [0, 0.05) is 6.04 Å². The van der Waals surface area contributed by atoms with Crippen molar-refractivity contribution in [3.8, 4) is 0 Å². The predicted molar refractivity (Wildman–Crippen MR) is 109 cm³/mol. The van der Waals surface area contributed by atoms with E-state index in [9.17, 15) is 17.6 Å². The van der Waals surface area contributed by atoms with Crippen LogP contribution in [0.5, 0.6) is 0 Å². The highest BCUT2D eigenvalue weighted by molar-refractivity contribution is 7.92. The summed E-state index contributed by atoms with van der Waals surface area (Å²) in [6.45, 7) is 1.60. The molecule has 2 aromatic carbocycles. The topological polar surface area (TPSA) is 66.5 Å². The van der Waals surface area contributed by atoms with E-state index in [1.807, 2.05) is 6.92 Å². The van der Waals surface area contributed by atoms with Gasteiger partial charge in [0.2, 0.25) is 5.91 Å². The van der Waals surface area contributed by atoms with Gasteiger partial charge in [-0.1, -0.05) is 24.1 Å². The van der Waals surface area contributed by atoms with Gasteiger partial charge < -0.3 is 5.32 Å². The lowest BCUT2D eigenvalue weighted by atomic mass is 9.95. The van der Waals surface area contributed by atoms with Crippen molar-refractivity contribution in [3.05, 3.63) is 59.9 Å². The lowest BCUT2D eigenvalue weighted by Gasteiger charge is -2.27. The number of benzene rings is 2. The van der Waals surface area contributed by atoms with E-state index in [0.29, 0.717) is 17.5 Å². The monoisotopic (exact) mass is 416 g/mol. The van der Waals surface area contributed by atoms with Gasteiger partial charge in [0.05, 0.1) is 10.6 Å². The van der Waals surface area contributed by atoms with E-state index in [4.69, 9.17) is 0 Å². The number of anilines is 1. The highest BCUT2D eigenvalue weighted by atomic mass is 32.2. The Morgan fingerprint density at radius 1 is 1.07 bits per heavy atom. The summed E-state index contributed by atoms with van der Waals surface area (Å²) in [5.74, 6) is 0.362. The third-order valence-corrected chi connectivity index (χ3v) is 7.88. The van der Waals surface area contributed by atoms with Gasteiger partial charge in [-0.3, -0.25) is 9.10 Å². The van der Waals surface area contributed by atoms with Gasteiger partial charge in [0.1, 0.15) is 12.4 Å². The first-order valence-electron chi connectivity index (χ1n) is 9.97. The molecular weight excluding hydrogens is 391 g/mol. The molecule has 0 radical (unpaired) electrons. The van der Waals surface area contributed by atoms with Crippen molar-refractivity contribution in [1.29, 1.82) is 0 Å². The van der Waals surface area contributed by atoms with Gasteiger partial charge in [-0.15, -0.1) is 0 Å². The molecule has 3 atom stereocenters. The first-order chi connectivity index (χ1) is 13.8. The minimum Gasteiger partial charge on any atom is -0.352 e. The van der Waals surface area contributed by atoms with E-state index in [0.717, 1.165) is 41.3 Å². The Bertz CT molecular complexity index is 990. The van der Waals surface area contributed by atoms with Crippen LogP contribution in [0.1, 0.15) is 31.2 Å². The molecule has 0 aromatic heterocycles. The van der Waals surface area contributed by atoms with Crippen LogP contribution in [0.2, 0.25) is 0 Å². The minimum atomic E-state index is -4.02. The molecule has 4 rings (SSSR count). The Balaban J connectivity index is 1.59. The first-order valence-corrected chi connectivity index (χ1v) is 11.4. The quantitative estimate of drug-likeness (QED) is 0.782. The van der Waals surface area contributed by atoms with Crippen molar-refractivity contribution in [2.45, 2.75) is 43.5 Å². The molecule has 5 nitrogen and oxygen atoms in total. The molecule has 0 aliphatic heterocycles. The number of hydrogen-bond donors (Lipinski definition) is 1. The Labute approximate surface area is 171 Å². The lowest BCUT2D eigenvalue weighted by molar-refractivity contribution is -0.120. The summed E-state index contributed by atoms with van der Waals surface area (Å²) >= 11 is 0. The largest absolute Gasteiger partial charge is 0.352 e. The number of halogens is 1. The molecule has 2 aliphatic carbocycles. The molecule has 154 valence electrons. The Morgan fingerprint density at radius 2 is 1.76 bits per heavy atom. The normalized spacial score (nSPS) is 23.2. The van der Waals surface area contributed by atoms with E-state index in [-0.39, 0.29) is 23.4 Å². The number of fused-ring (bicyclic) bond motifs is 2. The zero-order chi connectivity index (χ0) is 20.6. The fourth-order valence-corrected chi connectivity index (χ4v) is 5.99. The fraction of sp³-hybridized carbons (Fsp3) is 0.409. The average Bonchev–Trinajstić information content (AvgIpc) is 3.30. The van der Waals surface area contributed by atoms with Gasteiger partial charge in [-0.2, -0.15) is 0 Å². The highest BCUT2D eigenvalue weighted by Crippen LogP contribution is 2.44. The number of nitrogens with one attached hydrogen (secondary N) is 1. The molecule has 2 saturated carbocycles. The maximum absolute atomic E-state index is 13.3. The summed E-state index contributed by atoms with van der Waals surface area (Å²) in [5, 5.41) is 3.05. The van der Waals surface area contributed by atoms with Crippen LogP contribution in [0, 0.1) is 24.6 Å². The summed E-state index contributed by atoms with van der Waals surface area (Å²) in [6, 6.07) is 11.8. The molecule has 0 saturated heterocycles. The number of amides is 1. The molecule has 0 heterocycles. The maximum atomic E-state index is 13.3. The van der Waals surface area contributed by atoms with E-state index < -0.39 is 15.8 Å². The van der Waals surface area contributed by atoms with Crippen molar-refractivity contribution in [1.82, 2.24) is 5.32 Å². The lowest BCUT2D eigenvalue weighted by Crippen LogP contribution is -2.46. The Hall–Kier alpha value is -2.41. The summed E-state index contributed by atoms with van der Waals surface area (Å²) in [7, 11) is -4.02. The van der Waals surface area contributed by atoms with Crippen molar-refractivity contribution < 1.29 is 17.6 Å². The number of sulfonamides is 1. The van der Waals surface area contributed by atoms with Crippen LogP contribution in [-0.2, 0) is 14.8 Å². The number of carbonyl (C=O) groups excluding carboxylic acids is 1. The third-order valence-electron chi connectivity index (χ3n) is 6.10. The highest BCUT2D eigenvalue weighted by Gasteiger charge is 2.40. The number of rotatable bonds is 6. The zero-order valence-electron chi connectivity index (χ0n) is 16.3. The predicted octanol–water partition coefficient (Wildman–Crippen LogP) is 3.63. The fourth-order valence-electron chi connectivity index (χ4n) is 4.56. The molecule has 2 aliphatic rings. The van der Waals surface area contributed by atoms with Crippen molar-refractivity contribution in [3.63, 3.8) is 0 Å². The van der Waals surface area contributed by atoms with Gasteiger partial charge in [0.15, 0.2) is 0 Å². The maximum Gasteiger partial charge on any atom is 0.264 e. The number of carbonyl (C=O) groups is 1. The molecule has 2 bridgehead atoms. The molecule has 0 spiro atoms. The molecule has 2 aromatic rings. The van der Waals surface area contributed by atoms with Crippen molar-refractivity contribution in [2.75, 3.05) is 10.8 Å². The van der Waals surface area contributed by atoms with Crippen molar-refractivity contribution >= 4 is 21.6 Å². The molecule has 0 unspecified atom stereocenters. The van der Waals surface area contributed by atoms with Crippen LogP contribution < -0.4 is 9.62 Å². The molecule has 1 amide bonds. The third kappa shape index (κ3) is 4.15. The van der Waals surface area contributed by atoms with E-state index in [1.54, 1.807) is 24.3 Å². The summed E-state index contributed by atoms with van der Waals surface area (Å²) < 4.78 is 40.9. The van der Waals surface area contributed by atoms with Crippen LogP contribution in [0.15, 0.2) is 53.4 Å². The standard InChI is InChI=1S/C22H25FN2O3S/c1-15-2-8-19(9-3-15)25(29(27,28)20-10-6-18(23)7-11-20)14-22(26)24-21-13-16-4-5-17(21)12-16/h2-3,6-11,16-17,21H,4-5,12-14H2,1H3,(H,24,26)/t16-,17-,21+/m0/s1. The van der Waals surface area contributed by atoms with E-state index >= 15 is 0 Å². The number of hydrogen-bond acceptors (Lipinski definition) is 3. The Kier molecular flexibility index (Phi) is 5.34. The first kappa shape index (κ1) is 19.9. The summed E-state index contributed by atoms with van der Waals surface area (Å²) in [4.78, 5) is 12.7. The minimum absolute atomic E-state index is 0.0489. The van der Waals surface area contributed by atoms with Gasteiger partial charge in [0.25, 0.3) is 10.0 Å². The van der Waals surface area contributed by atoms with Crippen molar-refractivity contribution in [2.24, 2.45) is 11.8 Å². The molecule has 1 N–H and O–H groups in total. The molecule has 2 fully saturated rings. The van der Waals surface area contributed by atoms with Crippen LogP contribution in [0.4, 0.5) is 10.1 Å². The van der Waals surface area contributed by atoms with E-state index in [1.165, 1.54) is 18.6 Å². The van der Waals surface area contributed by atoms with Crippen LogP contribution >= 0.6 is 0 Å². The number of nitrogens with zero attached hydrogens (tertiary/aromatic N) is 1. The summed E-state index contributed by atoms with van der Waals surface area (Å²) in [6.07, 6.45) is 4.49. The van der Waals surface area contributed by atoms with E-state index in [2.05, 4.69) is 5.32 Å². The second-order valence-electron chi connectivity index (χ2n) is 8.15. The van der Waals surface area contributed by atoms with Gasteiger partial charge >= 0.3 is 0 Å². The average molecular weight is 417 g/mol. The molecular formula is C22H25FN2O3S. The molecule has 7 heteroatoms. The van der Waals surface area contributed by atoms with Gasteiger partial charge in [-0.25, -0.2) is 12.8 Å². The zero-order valence-corrected chi connectivity index (χ0v) is 17.2.